The van der Waals surface area contributed by atoms with Crippen LogP contribution in [-0.2, 0) is 6.42 Å². The van der Waals surface area contributed by atoms with Crippen LogP contribution in [0, 0.1) is 0 Å². The Morgan fingerprint density at radius 2 is 2.21 bits per heavy atom. The molecule has 1 fully saturated rings. The Hall–Kier alpha value is -0.370. The van der Waals surface area contributed by atoms with Crippen molar-refractivity contribution < 1.29 is 0 Å². The van der Waals surface area contributed by atoms with Crippen molar-refractivity contribution in [2.75, 3.05) is 0 Å². The Morgan fingerprint density at radius 1 is 1.36 bits per heavy atom. The predicted octanol–water partition coefficient (Wildman–Crippen LogP) is 3.85. The van der Waals surface area contributed by atoms with Gasteiger partial charge in [-0.1, -0.05) is 6.92 Å². The van der Waals surface area contributed by atoms with Crippen LogP contribution in [0.25, 0.3) is 0 Å². The Morgan fingerprint density at radius 3 is 2.93 bits per heavy atom. The van der Waals surface area contributed by atoms with Crippen LogP contribution in [0.3, 0.4) is 0 Å². The summed E-state index contributed by atoms with van der Waals surface area (Å²) in [5, 5.41) is 1.45. The van der Waals surface area contributed by atoms with Crippen molar-refractivity contribution in [3.63, 3.8) is 0 Å². The smallest absolute Gasteiger partial charge is 0.0962 e. The zero-order valence-corrected chi connectivity index (χ0v) is 9.57. The van der Waals surface area contributed by atoms with Gasteiger partial charge in [-0.3, -0.25) is 0 Å². The third-order valence-corrected chi connectivity index (χ3v) is 4.80. The average molecular weight is 207 g/mol. The first kappa shape index (κ1) is 8.90. The molecule has 1 unspecified atom stereocenters. The molecular weight excluding hydrogens is 190 g/mol. The van der Waals surface area contributed by atoms with E-state index in [1.54, 1.807) is 4.88 Å². The molecule has 1 nitrogen and oxygen atoms in total. The maximum absolute atomic E-state index is 4.88. The third-order valence-electron chi connectivity index (χ3n) is 3.51. The first-order valence-electron chi connectivity index (χ1n) is 5.88. The minimum atomic E-state index is 0.780. The predicted molar refractivity (Wildman–Crippen MR) is 60.1 cm³/mol. The highest BCUT2D eigenvalue weighted by molar-refractivity contribution is 7.11. The average Bonchev–Trinajstić information content (AvgIpc) is 2.97. The number of thiazole rings is 1. The number of hydrogen-bond donors (Lipinski definition) is 0. The van der Waals surface area contributed by atoms with Gasteiger partial charge in [-0.15, -0.1) is 11.3 Å². The van der Waals surface area contributed by atoms with Crippen molar-refractivity contribution in [1.29, 1.82) is 0 Å². The molecule has 14 heavy (non-hydrogen) atoms. The maximum Gasteiger partial charge on any atom is 0.0962 e. The number of hydrogen-bond acceptors (Lipinski definition) is 2. The summed E-state index contributed by atoms with van der Waals surface area (Å²) in [5.41, 5.74) is 1.48. The Bertz CT molecular complexity index is 338. The van der Waals surface area contributed by atoms with Crippen molar-refractivity contribution in [3.05, 3.63) is 15.6 Å². The summed E-state index contributed by atoms with van der Waals surface area (Å²) < 4.78 is 0. The van der Waals surface area contributed by atoms with E-state index in [0.717, 1.165) is 11.8 Å². The zero-order chi connectivity index (χ0) is 9.54. The van der Waals surface area contributed by atoms with Gasteiger partial charge in [0, 0.05) is 16.7 Å². The van der Waals surface area contributed by atoms with Crippen LogP contribution in [0.1, 0.15) is 66.4 Å². The van der Waals surface area contributed by atoms with Gasteiger partial charge in [-0.05, 0) is 38.5 Å². The van der Waals surface area contributed by atoms with Crippen LogP contribution < -0.4 is 0 Å². The van der Waals surface area contributed by atoms with Crippen molar-refractivity contribution in [3.8, 4) is 0 Å². The molecule has 2 aliphatic rings. The molecule has 1 heterocycles. The lowest BCUT2D eigenvalue weighted by atomic mass is 9.89. The number of aryl methyl sites for hydroxylation is 1. The highest BCUT2D eigenvalue weighted by Crippen LogP contribution is 2.45. The minimum Gasteiger partial charge on any atom is -0.245 e. The number of rotatable bonds is 2. The fourth-order valence-corrected chi connectivity index (χ4v) is 3.79. The van der Waals surface area contributed by atoms with Gasteiger partial charge in [0.15, 0.2) is 0 Å². The quantitative estimate of drug-likeness (QED) is 0.718. The minimum absolute atomic E-state index is 0.780. The van der Waals surface area contributed by atoms with Gasteiger partial charge in [-0.25, -0.2) is 4.98 Å². The molecule has 2 aliphatic carbocycles. The number of aromatic nitrogens is 1. The van der Waals surface area contributed by atoms with Crippen LogP contribution in [0.2, 0.25) is 0 Å². The van der Waals surface area contributed by atoms with Gasteiger partial charge >= 0.3 is 0 Å². The normalized spacial score (nSPS) is 26.2. The van der Waals surface area contributed by atoms with E-state index < -0.39 is 0 Å². The van der Waals surface area contributed by atoms with E-state index in [-0.39, 0.29) is 0 Å². The molecule has 1 atom stereocenters. The molecule has 0 bridgehead atoms. The summed E-state index contributed by atoms with van der Waals surface area (Å²) in [6.45, 7) is 2.30. The molecule has 76 valence electrons. The molecule has 1 aromatic rings. The topological polar surface area (TPSA) is 12.9 Å². The molecule has 0 aromatic carbocycles. The summed E-state index contributed by atoms with van der Waals surface area (Å²) >= 11 is 2.01. The summed E-state index contributed by atoms with van der Waals surface area (Å²) in [6, 6.07) is 0. The van der Waals surface area contributed by atoms with Crippen molar-refractivity contribution in [2.45, 2.75) is 57.3 Å². The summed E-state index contributed by atoms with van der Waals surface area (Å²) in [7, 11) is 0. The maximum atomic E-state index is 4.88. The number of nitrogens with zero attached hydrogens (tertiary/aromatic N) is 1. The van der Waals surface area contributed by atoms with Gasteiger partial charge < -0.3 is 0 Å². The van der Waals surface area contributed by atoms with Gasteiger partial charge in [0.05, 0.1) is 10.7 Å². The van der Waals surface area contributed by atoms with E-state index in [2.05, 4.69) is 6.92 Å². The molecule has 0 N–H and O–H groups in total. The second kappa shape index (κ2) is 3.34. The summed E-state index contributed by atoms with van der Waals surface area (Å²) in [4.78, 5) is 6.50. The van der Waals surface area contributed by atoms with Crippen LogP contribution in [0.15, 0.2) is 0 Å². The fourth-order valence-electron chi connectivity index (χ4n) is 2.43. The second-order valence-electron chi connectivity index (χ2n) is 4.63. The van der Waals surface area contributed by atoms with Gasteiger partial charge in [0.1, 0.15) is 0 Å². The Labute approximate surface area is 89.6 Å². The Kier molecular flexibility index (Phi) is 2.12. The highest BCUT2D eigenvalue weighted by Gasteiger charge is 2.30. The van der Waals surface area contributed by atoms with E-state index in [1.165, 1.54) is 49.2 Å². The monoisotopic (exact) mass is 207 g/mol. The molecule has 0 saturated heterocycles. The first-order chi connectivity index (χ1) is 6.88. The van der Waals surface area contributed by atoms with Gasteiger partial charge in [0.25, 0.3) is 0 Å². The van der Waals surface area contributed by atoms with Crippen LogP contribution in [0.5, 0.6) is 0 Å². The third kappa shape index (κ3) is 1.40. The van der Waals surface area contributed by atoms with Gasteiger partial charge in [0.2, 0.25) is 0 Å². The summed E-state index contributed by atoms with van der Waals surface area (Å²) in [6.07, 6.45) is 8.12. The lowest BCUT2D eigenvalue weighted by molar-refractivity contribution is 0.532. The summed E-state index contributed by atoms with van der Waals surface area (Å²) in [5.74, 6) is 1.63. The largest absolute Gasteiger partial charge is 0.245 e. The van der Waals surface area contributed by atoms with Crippen molar-refractivity contribution in [2.24, 2.45) is 0 Å². The van der Waals surface area contributed by atoms with E-state index >= 15 is 0 Å². The Balaban J connectivity index is 1.95. The van der Waals surface area contributed by atoms with E-state index in [1.807, 2.05) is 11.3 Å². The SMILES string of the molecule is CCC1CCCc2sc(C3CC3)nc21. The molecule has 2 heteroatoms. The molecule has 0 spiro atoms. The van der Waals surface area contributed by atoms with E-state index in [4.69, 9.17) is 4.98 Å². The van der Waals surface area contributed by atoms with Crippen LogP contribution in [-0.4, -0.2) is 4.98 Å². The van der Waals surface area contributed by atoms with E-state index in [0.29, 0.717) is 0 Å². The van der Waals surface area contributed by atoms with E-state index in [9.17, 15) is 0 Å². The highest BCUT2D eigenvalue weighted by atomic mass is 32.1. The molecule has 1 saturated carbocycles. The second-order valence-corrected chi connectivity index (χ2v) is 5.75. The fraction of sp³-hybridized carbons (Fsp3) is 0.750. The van der Waals surface area contributed by atoms with Crippen LogP contribution >= 0.6 is 11.3 Å². The lowest BCUT2D eigenvalue weighted by Crippen LogP contribution is -2.07. The molecule has 0 aliphatic heterocycles. The standard InChI is InChI=1S/C12H17NS/c1-2-8-4-3-5-10-11(8)13-12(14-10)9-6-7-9/h8-9H,2-7H2,1H3. The van der Waals surface area contributed by atoms with Crippen molar-refractivity contribution in [1.82, 2.24) is 4.98 Å². The zero-order valence-electron chi connectivity index (χ0n) is 8.75. The molecule has 0 radical (unpaired) electrons. The molecular formula is C12H17NS. The molecule has 3 rings (SSSR count). The van der Waals surface area contributed by atoms with Crippen LogP contribution in [0.4, 0.5) is 0 Å². The lowest BCUT2D eigenvalue weighted by Gasteiger charge is -2.18. The number of fused-ring (bicyclic) bond motifs is 1. The first-order valence-corrected chi connectivity index (χ1v) is 6.69. The molecule has 1 aromatic heterocycles. The molecule has 0 amide bonds. The van der Waals surface area contributed by atoms with Gasteiger partial charge in [-0.2, -0.15) is 0 Å². The van der Waals surface area contributed by atoms with Crippen molar-refractivity contribution >= 4 is 11.3 Å².